The summed E-state index contributed by atoms with van der Waals surface area (Å²) in [7, 11) is 2.19. The van der Waals surface area contributed by atoms with Gasteiger partial charge < -0.3 is 19.9 Å². The van der Waals surface area contributed by atoms with E-state index >= 15 is 0 Å². The predicted molar refractivity (Wildman–Crippen MR) is 79.0 cm³/mol. The van der Waals surface area contributed by atoms with E-state index in [1.54, 1.807) is 0 Å². The van der Waals surface area contributed by atoms with E-state index in [0.717, 1.165) is 32.8 Å². The summed E-state index contributed by atoms with van der Waals surface area (Å²) >= 11 is 0. The Hall–Kier alpha value is -1.26. The summed E-state index contributed by atoms with van der Waals surface area (Å²) in [6, 6.07) is 9.23. The van der Waals surface area contributed by atoms with Crippen LogP contribution < -0.4 is 10.2 Å². The number of hydrogen-bond acceptors (Lipinski definition) is 4. The summed E-state index contributed by atoms with van der Waals surface area (Å²) in [5.74, 6) is 0. The number of anilines is 2. The highest BCUT2D eigenvalue weighted by molar-refractivity contribution is 5.70. The lowest BCUT2D eigenvalue weighted by atomic mass is 10.2. The highest BCUT2D eigenvalue weighted by Gasteiger charge is 2.21. The number of ether oxygens (including phenoxy) is 1. The van der Waals surface area contributed by atoms with E-state index in [0.29, 0.717) is 6.04 Å². The van der Waals surface area contributed by atoms with Crippen LogP contribution in [-0.4, -0.2) is 57.4 Å². The van der Waals surface area contributed by atoms with Crippen molar-refractivity contribution in [2.24, 2.45) is 0 Å². The Morgan fingerprint density at radius 3 is 2.68 bits per heavy atom. The Morgan fingerprint density at radius 2 is 1.95 bits per heavy atom. The van der Waals surface area contributed by atoms with Gasteiger partial charge >= 0.3 is 0 Å². The molecular weight excluding hydrogens is 238 g/mol. The first-order chi connectivity index (χ1) is 9.33. The van der Waals surface area contributed by atoms with Gasteiger partial charge in [-0.3, -0.25) is 0 Å². The van der Waals surface area contributed by atoms with Crippen molar-refractivity contribution in [1.29, 1.82) is 0 Å². The molecule has 2 saturated heterocycles. The van der Waals surface area contributed by atoms with Crippen LogP contribution in [0.15, 0.2) is 24.3 Å². The molecule has 3 rings (SSSR count). The summed E-state index contributed by atoms with van der Waals surface area (Å²) in [6.07, 6.45) is 1.23. The van der Waals surface area contributed by atoms with Crippen molar-refractivity contribution in [2.45, 2.75) is 12.5 Å². The Labute approximate surface area is 115 Å². The van der Waals surface area contributed by atoms with Gasteiger partial charge in [0, 0.05) is 25.7 Å². The monoisotopic (exact) mass is 261 g/mol. The highest BCUT2D eigenvalue weighted by Crippen LogP contribution is 2.28. The van der Waals surface area contributed by atoms with Gasteiger partial charge in [-0.25, -0.2) is 0 Å². The first-order valence-electron chi connectivity index (χ1n) is 7.20. The summed E-state index contributed by atoms with van der Waals surface area (Å²) in [4.78, 5) is 4.81. The summed E-state index contributed by atoms with van der Waals surface area (Å²) < 4.78 is 5.44. The number of rotatable bonds is 3. The van der Waals surface area contributed by atoms with Crippen LogP contribution in [0, 0.1) is 0 Å². The third-order valence-electron chi connectivity index (χ3n) is 4.01. The lowest BCUT2D eigenvalue weighted by Crippen LogP contribution is -2.37. The fraction of sp³-hybridized carbons (Fsp3) is 0.600. The molecule has 1 atom stereocenters. The van der Waals surface area contributed by atoms with Gasteiger partial charge in [-0.15, -0.1) is 0 Å². The maximum Gasteiger partial charge on any atom is 0.0642 e. The van der Waals surface area contributed by atoms with E-state index in [-0.39, 0.29) is 0 Å². The first kappa shape index (κ1) is 12.8. The zero-order valence-corrected chi connectivity index (χ0v) is 11.6. The molecule has 1 aromatic rings. The normalized spacial score (nSPS) is 24.7. The second-order valence-electron chi connectivity index (χ2n) is 5.51. The van der Waals surface area contributed by atoms with Crippen molar-refractivity contribution in [1.82, 2.24) is 4.90 Å². The van der Waals surface area contributed by atoms with Crippen LogP contribution in [0.1, 0.15) is 6.42 Å². The smallest absolute Gasteiger partial charge is 0.0642 e. The quantitative estimate of drug-likeness (QED) is 0.895. The Kier molecular flexibility index (Phi) is 3.89. The van der Waals surface area contributed by atoms with E-state index in [2.05, 4.69) is 46.4 Å². The standard InChI is InChI=1S/C15H23N3O/c1-17-7-6-13(12-17)16-14-4-2-3-5-15(14)18-8-10-19-11-9-18/h2-5,13,16H,6-12H2,1H3. The molecule has 4 nitrogen and oxygen atoms in total. The van der Waals surface area contributed by atoms with Crippen LogP contribution in [0.3, 0.4) is 0 Å². The molecule has 4 heteroatoms. The molecule has 1 aromatic carbocycles. The van der Waals surface area contributed by atoms with Gasteiger partial charge in [0.1, 0.15) is 0 Å². The number of para-hydroxylation sites is 2. The molecule has 0 bridgehead atoms. The van der Waals surface area contributed by atoms with E-state index in [1.165, 1.54) is 24.3 Å². The third kappa shape index (κ3) is 3.01. The molecule has 2 aliphatic heterocycles. The molecule has 0 amide bonds. The number of nitrogens with one attached hydrogen (secondary N) is 1. The van der Waals surface area contributed by atoms with Gasteiger partial charge in [0.05, 0.1) is 24.6 Å². The van der Waals surface area contributed by atoms with Gasteiger partial charge in [0.15, 0.2) is 0 Å². The molecule has 0 spiro atoms. The molecule has 104 valence electrons. The molecule has 0 saturated carbocycles. The number of hydrogen-bond donors (Lipinski definition) is 1. The minimum absolute atomic E-state index is 0.576. The number of morpholine rings is 1. The van der Waals surface area contributed by atoms with Crippen molar-refractivity contribution in [2.75, 3.05) is 56.7 Å². The Balaban J connectivity index is 1.73. The van der Waals surface area contributed by atoms with Crippen LogP contribution in [0.5, 0.6) is 0 Å². The first-order valence-corrected chi connectivity index (χ1v) is 7.20. The van der Waals surface area contributed by atoms with Crippen LogP contribution in [0.4, 0.5) is 11.4 Å². The van der Waals surface area contributed by atoms with Crippen molar-refractivity contribution in [3.8, 4) is 0 Å². The number of benzene rings is 1. The fourth-order valence-corrected chi connectivity index (χ4v) is 2.95. The second-order valence-corrected chi connectivity index (χ2v) is 5.51. The highest BCUT2D eigenvalue weighted by atomic mass is 16.5. The summed E-state index contributed by atoms with van der Waals surface area (Å²) in [5, 5.41) is 3.71. The molecule has 0 aromatic heterocycles. The third-order valence-corrected chi connectivity index (χ3v) is 4.01. The van der Waals surface area contributed by atoms with Gasteiger partial charge in [0.2, 0.25) is 0 Å². The lowest BCUT2D eigenvalue weighted by molar-refractivity contribution is 0.123. The molecule has 19 heavy (non-hydrogen) atoms. The maximum absolute atomic E-state index is 5.44. The minimum atomic E-state index is 0.576. The van der Waals surface area contributed by atoms with Crippen LogP contribution in [0.25, 0.3) is 0 Å². The number of likely N-dealkylation sites (tertiary alicyclic amines) is 1. The SMILES string of the molecule is CN1CCC(Nc2ccccc2N2CCOCC2)C1. The maximum atomic E-state index is 5.44. The Bertz CT molecular complexity index is 418. The molecule has 2 fully saturated rings. The molecule has 2 heterocycles. The van der Waals surface area contributed by atoms with Gasteiger partial charge in [0.25, 0.3) is 0 Å². The second kappa shape index (κ2) is 5.80. The zero-order chi connectivity index (χ0) is 13.1. The van der Waals surface area contributed by atoms with Gasteiger partial charge in [-0.2, -0.15) is 0 Å². The predicted octanol–water partition coefficient (Wildman–Crippen LogP) is 1.64. The van der Waals surface area contributed by atoms with Crippen LogP contribution in [-0.2, 0) is 4.74 Å². The zero-order valence-electron chi connectivity index (χ0n) is 11.6. The molecular formula is C15H23N3O. The van der Waals surface area contributed by atoms with Crippen LogP contribution >= 0.6 is 0 Å². The van der Waals surface area contributed by atoms with Crippen molar-refractivity contribution >= 4 is 11.4 Å². The lowest BCUT2D eigenvalue weighted by Gasteiger charge is -2.31. The van der Waals surface area contributed by atoms with Gasteiger partial charge in [-0.1, -0.05) is 12.1 Å². The van der Waals surface area contributed by atoms with Crippen LogP contribution in [0.2, 0.25) is 0 Å². The molecule has 0 radical (unpaired) electrons. The molecule has 2 aliphatic rings. The summed E-state index contributed by atoms with van der Waals surface area (Å²) in [6.45, 7) is 5.97. The molecule has 1 unspecified atom stereocenters. The number of nitrogens with zero attached hydrogens (tertiary/aromatic N) is 2. The number of likely N-dealkylation sites (N-methyl/N-ethyl adjacent to an activating group) is 1. The minimum Gasteiger partial charge on any atom is -0.379 e. The van der Waals surface area contributed by atoms with E-state index in [4.69, 9.17) is 4.74 Å². The molecule has 0 aliphatic carbocycles. The van der Waals surface area contributed by atoms with Crippen molar-refractivity contribution in [3.63, 3.8) is 0 Å². The Morgan fingerprint density at radius 1 is 1.16 bits per heavy atom. The average Bonchev–Trinajstić information content (AvgIpc) is 2.86. The average molecular weight is 261 g/mol. The summed E-state index contributed by atoms with van der Waals surface area (Å²) in [5.41, 5.74) is 2.59. The topological polar surface area (TPSA) is 27.7 Å². The molecule has 1 N–H and O–H groups in total. The van der Waals surface area contributed by atoms with Gasteiger partial charge in [-0.05, 0) is 32.1 Å². The van der Waals surface area contributed by atoms with Crippen molar-refractivity contribution < 1.29 is 4.74 Å². The fourth-order valence-electron chi connectivity index (χ4n) is 2.95. The van der Waals surface area contributed by atoms with E-state index in [9.17, 15) is 0 Å². The van der Waals surface area contributed by atoms with E-state index in [1.807, 2.05) is 0 Å². The van der Waals surface area contributed by atoms with E-state index < -0.39 is 0 Å². The van der Waals surface area contributed by atoms with Crippen molar-refractivity contribution in [3.05, 3.63) is 24.3 Å². The largest absolute Gasteiger partial charge is 0.379 e.